The number of nitrogens with one attached hydrogen (secondary N) is 1. The fourth-order valence-electron chi connectivity index (χ4n) is 2.80. The number of carbonyl (C=O) groups excluding carboxylic acids is 1. The normalized spacial score (nSPS) is 18.2. The van der Waals surface area contributed by atoms with Crippen LogP contribution in [0.1, 0.15) is 56.2 Å². The Morgan fingerprint density at radius 2 is 2.00 bits per heavy atom. The summed E-state index contributed by atoms with van der Waals surface area (Å²) in [6, 6.07) is 9.29. The number of benzene rings is 1. The second kappa shape index (κ2) is 6.06. The van der Waals surface area contributed by atoms with Crippen molar-refractivity contribution in [2.24, 2.45) is 5.73 Å². The van der Waals surface area contributed by atoms with E-state index in [9.17, 15) is 4.79 Å². The zero-order chi connectivity index (χ0) is 14.6. The van der Waals surface area contributed by atoms with E-state index in [0.717, 1.165) is 31.2 Å². The fraction of sp³-hybridized carbons (Fsp3) is 0.500. The van der Waals surface area contributed by atoms with Crippen LogP contribution in [0.15, 0.2) is 24.3 Å². The minimum absolute atomic E-state index is 0.00580. The van der Waals surface area contributed by atoms with Crippen molar-refractivity contribution in [3.05, 3.63) is 35.4 Å². The first-order valence-electron chi connectivity index (χ1n) is 7.11. The fourth-order valence-corrected chi connectivity index (χ4v) is 2.80. The lowest BCUT2D eigenvalue weighted by molar-refractivity contribution is -0.122. The molecule has 0 aromatic heterocycles. The van der Waals surface area contributed by atoms with Gasteiger partial charge in [-0.1, -0.05) is 25.0 Å². The molecule has 2 rings (SSSR count). The predicted molar refractivity (Wildman–Crippen MR) is 77.7 cm³/mol. The smallest absolute Gasteiger partial charge is 0.222 e. The van der Waals surface area contributed by atoms with Crippen LogP contribution >= 0.6 is 0 Å². The Balaban J connectivity index is 1.91. The standard InChI is InChI=1S/C16H21N3O/c1-12(14-6-4-13(11-17)5-7-14)19-15(20)10-16(18)8-2-3-9-16/h4-7,12H,2-3,8-10,18H2,1H3,(H,19,20). The van der Waals surface area contributed by atoms with Crippen LogP contribution in [0.2, 0.25) is 0 Å². The maximum absolute atomic E-state index is 12.1. The number of carbonyl (C=O) groups is 1. The molecule has 1 aliphatic rings. The van der Waals surface area contributed by atoms with Crippen LogP contribution in [0.3, 0.4) is 0 Å². The van der Waals surface area contributed by atoms with Crippen molar-refractivity contribution in [2.45, 2.75) is 50.6 Å². The first-order chi connectivity index (χ1) is 9.52. The molecule has 0 aliphatic heterocycles. The largest absolute Gasteiger partial charge is 0.350 e. The minimum atomic E-state index is -0.311. The highest BCUT2D eigenvalue weighted by Gasteiger charge is 2.31. The second-order valence-corrected chi connectivity index (χ2v) is 5.77. The highest BCUT2D eigenvalue weighted by molar-refractivity contribution is 5.77. The maximum Gasteiger partial charge on any atom is 0.222 e. The molecule has 3 N–H and O–H groups in total. The molecule has 0 radical (unpaired) electrons. The molecule has 0 saturated heterocycles. The highest BCUT2D eigenvalue weighted by Crippen LogP contribution is 2.30. The molecule has 1 atom stereocenters. The lowest BCUT2D eigenvalue weighted by Gasteiger charge is -2.24. The van der Waals surface area contributed by atoms with E-state index in [1.54, 1.807) is 12.1 Å². The van der Waals surface area contributed by atoms with E-state index < -0.39 is 0 Å². The van der Waals surface area contributed by atoms with Gasteiger partial charge in [-0.05, 0) is 37.5 Å². The predicted octanol–water partition coefficient (Wildman–Crippen LogP) is 2.40. The first kappa shape index (κ1) is 14.5. The average Bonchev–Trinajstić information content (AvgIpc) is 2.84. The zero-order valence-electron chi connectivity index (χ0n) is 11.9. The van der Waals surface area contributed by atoms with Crippen molar-refractivity contribution < 1.29 is 4.79 Å². The average molecular weight is 271 g/mol. The minimum Gasteiger partial charge on any atom is -0.350 e. The van der Waals surface area contributed by atoms with Crippen LogP contribution in [0, 0.1) is 11.3 Å². The molecule has 0 heterocycles. The van der Waals surface area contributed by atoms with E-state index in [2.05, 4.69) is 11.4 Å². The van der Waals surface area contributed by atoms with Gasteiger partial charge in [0.05, 0.1) is 17.7 Å². The van der Waals surface area contributed by atoms with Crippen LogP contribution in [0.4, 0.5) is 0 Å². The Kier molecular flexibility index (Phi) is 4.41. The lowest BCUT2D eigenvalue weighted by Crippen LogP contribution is -2.42. The summed E-state index contributed by atoms with van der Waals surface area (Å²) in [5, 5.41) is 11.8. The summed E-state index contributed by atoms with van der Waals surface area (Å²) in [5.41, 5.74) is 7.52. The molecule has 1 saturated carbocycles. The molecule has 1 aliphatic carbocycles. The van der Waals surface area contributed by atoms with Crippen molar-refractivity contribution in [3.8, 4) is 6.07 Å². The van der Waals surface area contributed by atoms with E-state index in [-0.39, 0.29) is 17.5 Å². The number of nitrogens with zero attached hydrogens (tertiary/aromatic N) is 1. The summed E-state index contributed by atoms with van der Waals surface area (Å²) >= 11 is 0. The Morgan fingerprint density at radius 1 is 1.40 bits per heavy atom. The van der Waals surface area contributed by atoms with Crippen molar-refractivity contribution in [1.29, 1.82) is 5.26 Å². The van der Waals surface area contributed by atoms with Gasteiger partial charge in [-0.2, -0.15) is 5.26 Å². The molecule has 4 heteroatoms. The van der Waals surface area contributed by atoms with Crippen molar-refractivity contribution >= 4 is 5.91 Å². The van der Waals surface area contributed by atoms with Crippen molar-refractivity contribution in [3.63, 3.8) is 0 Å². The van der Waals surface area contributed by atoms with E-state index >= 15 is 0 Å². The molecule has 1 aromatic carbocycles. The molecule has 1 fully saturated rings. The van der Waals surface area contributed by atoms with Crippen molar-refractivity contribution in [2.75, 3.05) is 0 Å². The van der Waals surface area contributed by atoms with Crippen LogP contribution in [0.5, 0.6) is 0 Å². The van der Waals surface area contributed by atoms with Crippen LogP contribution in [0.25, 0.3) is 0 Å². The third-order valence-corrected chi connectivity index (χ3v) is 4.03. The number of rotatable bonds is 4. The highest BCUT2D eigenvalue weighted by atomic mass is 16.1. The van der Waals surface area contributed by atoms with Gasteiger partial charge in [-0.15, -0.1) is 0 Å². The van der Waals surface area contributed by atoms with E-state index in [1.165, 1.54) is 0 Å². The lowest BCUT2D eigenvalue weighted by atomic mass is 9.94. The van der Waals surface area contributed by atoms with Crippen LogP contribution in [-0.4, -0.2) is 11.4 Å². The Bertz CT molecular complexity index is 510. The van der Waals surface area contributed by atoms with Gasteiger partial charge in [0.2, 0.25) is 5.91 Å². The molecule has 106 valence electrons. The summed E-state index contributed by atoms with van der Waals surface area (Å²) in [6.45, 7) is 1.94. The molecule has 1 unspecified atom stereocenters. The number of amides is 1. The monoisotopic (exact) mass is 271 g/mol. The Hall–Kier alpha value is -1.86. The quantitative estimate of drug-likeness (QED) is 0.882. The third kappa shape index (κ3) is 3.58. The van der Waals surface area contributed by atoms with E-state index in [4.69, 9.17) is 11.0 Å². The van der Waals surface area contributed by atoms with Crippen LogP contribution < -0.4 is 11.1 Å². The molecule has 1 aromatic rings. The van der Waals surface area contributed by atoms with Gasteiger partial charge in [-0.3, -0.25) is 4.79 Å². The number of hydrogen-bond donors (Lipinski definition) is 2. The van der Waals surface area contributed by atoms with E-state index in [1.807, 2.05) is 19.1 Å². The SMILES string of the molecule is CC(NC(=O)CC1(N)CCCC1)c1ccc(C#N)cc1. The van der Waals surface area contributed by atoms with E-state index in [0.29, 0.717) is 12.0 Å². The number of nitriles is 1. The molecule has 0 bridgehead atoms. The Morgan fingerprint density at radius 3 is 2.55 bits per heavy atom. The van der Waals surface area contributed by atoms with Gasteiger partial charge in [0.1, 0.15) is 0 Å². The maximum atomic E-state index is 12.1. The van der Waals surface area contributed by atoms with Gasteiger partial charge >= 0.3 is 0 Å². The summed E-state index contributed by atoms with van der Waals surface area (Å²) in [6.07, 6.45) is 4.51. The molecule has 1 amide bonds. The van der Waals surface area contributed by atoms with Gasteiger partial charge in [0, 0.05) is 12.0 Å². The Labute approximate surface area is 120 Å². The van der Waals surface area contributed by atoms with Gasteiger partial charge in [0.25, 0.3) is 0 Å². The topological polar surface area (TPSA) is 78.9 Å². The molecular formula is C16H21N3O. The number of hydrogen-bond acceptors (Lipinski definition) is 3. The number of nitrogens with two attached hydrogens (primary N) is 1. The summed E-state index contributed by atoms with van der Waals surface area (Å²) in [4.78, 5) is 12.1. The summed E-state index contributed by atoms with van der Waals surface area (Å²) < 4.78 is 0. The first-order valence-corrected chi connectivity index (χ1v) is 7.11. The molecular weight excluding hydrogens is 250 g/mol. The molecule has 20 heavy (non-hydrogen) atoms. The van der Waals surface area contributed by atoms with Gasteiger partial charge in [-0.25, -0.2) is 0 Å². The van der Waals surface area contributed by atoms with Gasteiger partial charge < -0.3 is 11.1 Å². The van der Waals surface area contributed by atoms with Gasteiger partial charge in [0.15, 0.2) is 0 Å². The summed E-state index contributed by atoms with van der Waals surface area (Å²) in [7, 11) is 0. The third-order valence-electron chi connectivity index (χ3n) is 4.03. The zero-order valence-corrected chi connectivity index (χ0v) is 11.9. The molecule has 0 spiro atoms. The van der Waals surface area contributed by atoms with Crippen LogP contribution in [-0.2, 0) is 4.79 Å². The second-order valence-electron chi connectivity index (χ2n) is 5.77. The summed E-state index contributed by atoms with van der Waals surface area (Å²) in [5.74, 6) is 0.00580. The molecule has 4 nitrogen and oxygen atoms in total. The van der Waals surface area contributed by atoms with Crippen molar-refractivity contribution in [1.82, 2.24) is 5.32 Å².